The lowest BCUT2D eigenvalue weighted by molar-refractivity contribution is -0.121. The first-order chi connectivity index (χ1) is 12.2. The zero-order chi connectivity index (χ0) is 17.2. The molecule has 1 unspecified atom stereocenters. The van der Waals surface area contributed by atoms with Crippen molar-refractivity contribution in [3.05, 3.63) is 29.7 Å². The number of rotatable bonds is 5. The number of benzene rings is 1. The van der Waals surface area contributed by atoms with Crippen molar-refractivity contribution in [3.8, 4) is 23.0 Å². The van der Waals surface area contributed by atoms with Gasteiger partial charge in [0.05, 0.1) is 18.2 Å². The van der Waals surface area contributed by atoms with Crippen molar-refractivity contribution in [2.75, 3.05) is 19.9 Å². The summed E-state index contributed by atoms with van der Waals surface area (Å²) in [7, 11) is 0. The monoisotopic (exact) mass is 344 g/mol. The largest absolute Gasteiger partial charge is 0.454 e. The molecule has 0 aliphatic carbocycles. The van der Waals surface area contributed by atoms with Gasteiger partial charge >= 0.3 is 0 Å². The normalized spacial score (nSPS) is 18.5. The van der Waals surface area contributed by atoms with Crippen LogP contribution in [-0.2, 0) is 16.0 Å². The number of carbonyl (C=O) groups excluding carboxylic acids is 1. The lowest BCUT2D eigenvalue weighted by Gasteiger charge is -2.10. The first-order valence-electron chi connectivity index (χ1n) is 8.43. The van der Waals surface area contributed by atoms with E-state index in [1.807, 2.05) is 25.1 Å². The second-order valence-corrected chi connectivity index (χ2v) is 6.21. The van der Waals surface area contributed by atoms with Gasteiger partial charge in [0.1, 0.15) is 5.76 Å². The number of aryl methyl sites for hydroxylation is 1. The van der Waals surface area contributed by atoms with Crippen molar-refractivity contribution in [1.29, 1.82) is 0 Å². The van der Waals surface area contributed by atoms with Gasteiger partial charge in [-0.25, -0.2) is 4.98 Å². The molecule has 25 heavy (non-hydrogen) atoms. The summed E-state index contributed by atoms with van der Waals surface area (Å²) in [5, 5.41) is 2.90. The van der Waals surface area contributed by atoms with Gasteiger partial charge in [-0.1, -0.05) is 0 Å². The Labute approximate surface area is 145 Å². The van der Waals surface area contributed by atoms with Crippen LogP contribution in [0.2, 0.25) is 0 Å². The van der Waals surface area contributed by atoms with Crippen LogP contribution in [0.4, 0.5) is 0 Å². The molecule has 1 amide bonds. The maximum Gasteiger partial charge on any atom is 0.231 e. The van der Waals surface area contributed by atoms with Crippen LogP contribution in [0, 0.1) is 6.92 Å². The summed E-state index contributed by atoms with van der Waals surface area (Å²) in [6, 6.07) is 5.51. The van der Waals surface area contributed by atoms with Gasteiger partial charge < -0.3 is 23.9 Å². The minimum Gasteiger partial charge on any atom is -0.454 e. The Balaban J connectivity index is 1.42. The fourth-order valence-corrected chi connectivity index (χ4v) is 2.99. The number of carbonyl (C=O) groups is 1. The summed E-state index contributed by atoms with van der Waals surface area (Å²) in [4.78, 5) is 16.6. The topological polar surface area (TPSA) is 82.8 Å². The van der Waals surface area contributed by atoms with Crippen molar-refractivity contribution in [2.24, 2.45) is 0 Å². The van der Waals surface area contributed by atoms with E-state index in [9.17, 15) is 4.79 Å². The number of ether oxygens (including phenoxy) is 3. The summed E-state index contributed by atoms with van der Waals surface area (Å²) in [6.07, 6.45) is 2.37. The van der Waals surface area contributed by atoms with E-state index >= 15 is 0 Å². The zero-order valence-corrected chi connectivity index (χ0v) is 14.0. The van der Waals surface area contributed by atoms with Gasteiger partial charge in [-0.2, -0.15) is 0 Å². The van der Waals surface area contributed by atoms with Crippen molar-refractivity contribution >= 4 is 5.91 Å². The van der Waals surface area contributed by atoms with Crippen LogP contribution < -0.4 is 14.8 Å². The van der Waals surface area contributed by atoms with E-state index in [0.29, 0.717) is 35.4 Å². The van der Waals surface area contributed by atoms with Crippen LogP contribution in [0.25, 0.3) is 11.5 Å². The Morgan fingerprint density at radius 1 is 1.32 bits per heavy atom. The van der Waals surface area contributed by atoms with Crippen LogP contribution in [-0.4, -0.2) is 36.9 Å². The third-order valence-electron chi connectivity index (χ3n) is 4.39. The number of fused-ring (bicyclic) bond motifs is 1. The van der Waals surface area contributed by atoms with Crippen molar-refractivity contribution in [1.82, 2.24) is 10.3 Å². The van der Waals surface area contributed by atoms with Crippen molar-refractivity contribution < 1.29 is 23.4 Å². The molecule has 7 nitrogen and oxygen atoms in total. The first-order valence-corrected chi connectivity index (χ1v) is 8.43. The molecule has 132 valence electrons. The predicted molar refractivity (Wildman–Crippen MR) is 88.5 cm³/mol. The van der Waals surface area contributed by atoms with Gasteiger partial charge in [0.15, 0.2) is 11.5 Å². The second kappa shape index (κ2) is 6.76. The highest BCUT2D eigenvalue weighted by molar-refractivity contribution is 5.78. The van der Waals surface area contributed by atoms with E-state index in [4.69, 9.17) is 18.6 Å². The van der Waals surface area contributed by atoms with Gasteiger partial charge in [0.2, 0.25) is 18.6 Å². The maximum absolute atomic E-state index is 12.1. The minimum atomic E-state index is -0.0795. The molecule has 7 heteroatoms. The molecule has 1 saturated heterocycles. The molecule has 2 aliphatic rings. The van der Waals surface area contributed by atoms with Gasteiger partial charge in [-0.05, 0) is 38.0 Å². The smallest absolute Gasteiger partial charge is 0.231 e. The molecule has 0 spiro atoms. The first kappa shape index (κ1) is 16.0. The molecule has 1 aromatic heterocycles. The van der Waals surface area contributed by atoms with Gasteiger partial charge in [0.25, 0.3) is 0 Å². The van der Waals surface area contributed by atoms with Crippen molar-refractivity contribution in [2.45, 2.75) is 32.3 Å². The predicted octanol–water partition coefficient (Wildman–Crippen LogP) is 2.22. The van der Waals surface area contributed by atoms with E-state index in [1.165, 1.54) is 0 Å². The summed E-state index contributed by atoms with van der Waals surface area (Å²) in [5.41, 5.74) is 1.43. The summed E-state index contributed by atoms with van der Waals surface area (Å²) >= 11 is 0. The molecule has 0 bridgehead atoms. The summed E-state index contributed by atoms with van der Waals surface area (Å²) in [6.45, 7) is 3.36. The average molecular weight is 344 g/mol. The highest BCUT2D eigenvalue weighted by Crippen LogP contribution is 2.36. The quantitative estimate of drug-likeness (QED) is 0.895. The molecule has 2 aliphatic heterocycles. The number of amides is 1. The fraction of sp³-hybridized carbons (Fsp3) is 0.444. The third kappa shape index (κ3) is 3.46. The Bertz CT molecular complexity index is 780. The van der Waals surface area contributed by atoms with Crippen LogP contribution in [0.5, 0.6) is 11.5 Å². The molecule has 0 radical (unpaired) electrons. The van der Waals surface area contributed by atoms with Crippen LogP contribution >= 0.6 is 0 Å². The summed E-state index contributed by atoms with van der Waals surface area (Å²) in [5.74, 6) is 2.41. The SMILES string of the molecule is Cc1oc(-c2ccc3c(c2)OCO3)nc1CC(=O)NCC1CCCO1. The van der Waals surface area contributed by atoms with Gasteiger partial charge in [0, 0.05) is 18.7 Å². The van der Waals surface area contributed by atoms with Crippen LogP contribution in [0.1, 0.15) is 24.3 Å². The Kier molecular flexibility index (Phi) is 4.31. The fourth-order valence-electron chi connectivity index (χ4n) is 2.99. The molecule has 1 fully saturated rings. The molecule has 3 heterocycles. The van der Waals surface area contributed by atoms with E-state index in [1.54, 1.807) is 0 Å². The van der Waals surface area contributed by atoms with E-state index < -0.39 is 0 Å². The number of nitrogens with one attached hydrogen (secondary N) is 1. The van der Waals surface area contributed by atoms with E-state index in [2.05, 4.69) is 10.3 Å². The van der Waals surface area contributed by atoms with Gasteiger partial charge in [-0.15, -0.1) is 0 Å². The molecule has 2 aromatic rings. The zero-order valence-electron chi connectivity index (χ0n) is 14.0. The second-order valence-electron chi connectivity index (χ2n) is 6.21. The molecule has 1 atom stereocenters. The lowest BCUT2D eigenvalue weighted by atomic mass is 10.2. The molecule has 1 aromatic carbocycles. The highest BCUT2D eigenvalue weighted by Gasteiger charge is 2.20. The molecular formula is C18H20N2O5. The number of hydrogen-bond acceptors (Lipinski definition) is 6. The highest BCUT2D eigenvalue weighted by atomic mass is 16.7. The molecule has 4 rings (SSSR count). The number of nitrogens with zero attached hydrogens (tertiary/aromatic N) is 1. The number of hydrogen-bond donors (Lipinski definition) is 1. The maximum atomic E-state index is 12.1. The lowest BCUT2D eigenvalue weighted by Crippen LogP contribution is -2.32. The Morgan fingerprint density at radius 2 is 2.20 bits per heavy atom. The van der Waals surface area contributed by atoms with Crippen LogP contribution in [0.15, 0.2) is 22.6 Å². The van der Waals surface area contributed by atoms with Crippen LogP contribution in [0.3, 0.4) is 0 Å². The third-order valence-corrected chi connectivity index (χ3v) is 4.39. The van der Waals surface area contributed by atoms with Gasteiger partial charge in [-0.3, -0.25) is 4.79 Å². The Hall–Kier alpha value is -2.54. The standard InChI is InChI=1S/C18H20N2O5/c1-11-14(8-17(21)19-9-13-3-2-6-22-13)20-18(25-11)12-4-5-15-16(7-12)24-10-23-15/h4-5,7,13H,2-3,6,8-10H2,1H3,(H,19,21). The molecule has 1 N–H and O–H groups in total. The number of aromatic nitrogens is 1. The molecule has 0 saturated carbocycles. The van der Waals surface area contributed by atoms with E-state index in [0.717, 1.165) is 25.0 Å². The Morgan fingerprint density at radius 3 is 3.04 bits per heavy atom. The van der Waals surface area contributed by atoms with Crippen molar-refractivity contribution in [3.63, 3.8) is 0 Å². The average Bonchev–Trinajstić information content (AvgIpc) is 3.34. The van der Waals surface area contributed by atoms with E-state index in [-0.39, 0.29) is 25.2 Å². The minimum absolute atomic E-state index is 0.0795. The molecular weight excluding hydrogens is 324 g/mol. The number of oxazole rings is 1. The summed E-state index contributed by atoms with van der Waals surface area (Å²) < 4.78 is 21.9.